The van der Waals surface area contributed by atoms with Gasteiger partial charge in [-0.15, -0.1) is 10.2 Å². The molecule has 1 amide bonds. The van der Waals surface area contributed by atoms with Crippen LogP contribution in [0.25, 0.3) is 0 Å². The van der Waals surface area contributed by atoms with E-state index in [0.29, 0.717) is 11.5 Å². The number of carbonyl (C=O) groups excluding carboxylic acids is 1. The molecule has 1 aliphatic heterocycles. The molecule has 0 spiro atoms. The van der Waals surface area contributed by atoms with E-state index in [4.69, 9.17) is 0 Å². The fraction of sp³-hybridized carbons (Fsp3) is 0.333. The van der Waals surface area contributed by atoms with Gasteiger partial charge in [-0.1, -0.05) is 30.3 Å². The normalized spacial score (nSPS) is 17.0. The van der Waals surface area contributed by atoms with Gasteiger partial charge in [-0.05, 0) is 36.5 Å². The molecule has 6 heteroatoms. The minimum atomic E-state index is 0.0681. The van der Waals surface area contributed by atoms with Crippen LogP contribution < -0.4 is 0 Å². The average molecular weight is 361 g/mol. The number of pyridine rings is 1. The zero-order chi connectivity index (χ0) is 18.5. The summed E-state index contributed by atoms with van der Waals surface area (Å²) in [6.07, 6.45) is 8.09. The minimum Gasteiger partial charge on any atom is -0.338 e. The van der Waals surface area contributed by atoms with Crippen LogP contribution in [0, 0.1) is 5.92 Å². The largest absolute Gasteiger partial charge is 0.338 e. The Balaban J connectivity index is 1.41. The Morgan fingerprint density at radius 2 is 2.04 bits per heavy atom. The molecule has 3 heterocycles. The Morgan fingerprint density at radius 3 is 2.85 bits per heavy atom. The Labute approximate surface area is 158 Å². The van der Waals surface area contributed by atoms with E-state index in [2.05, 4.69) is 31.9 Å². The molecule has 0 bridgehead atoms. The van der Waals surface area contributed by atoms with E-state index >= 15 is 0 Å². The molecular weight excluding hydrogens is 338 g/mol. The number of benzene rings is 1. The quantitative estimate of drug-likeness (QED) is 0.701. The van der Waals surface area contributed by atoms with E-state index in [9.17, 15) is 4.79 Å². The minimum absolute atomic E-state index is 0.0681. The first kappa shape index (κ1) is 17.4. The molecule has 0 aliphatic carbocycles. The number of piperidine rings is 1. The van der Waals surface area contributed by atoms with Gasteiger partial charge in [0.25, 0.3) is 5.91 Å². The summed E-state index contributed by atoms with van der Waals surface area (Å²) in [5.74, 6) is 1.45. The molecule has 1 saturated heterocycles. The Morgan fingerprint density at radius 1 is 1.15 bits per heavy atom. The lowest BCUT2D eigenvalue weighted by molar-refractivity contribution is 0.0671. The molecule has 1 aromatic carbocycles. The third kappa shape index (κ3) is 4.22. The van der Waals surface area contributed by atoms with Crippen LogP contribution in [0.3, 0.4) is 0 Å². The second kappa shape index (κ2) is 8.12. The van der Waals surface area contributed by atoms with Crippen molar-refractivity contribution in [3.8, 4) is 0 Å². The van der Waals surface area contributed by atoms with Gasteiger partial charge in [0.1, 0.15) is 12.2 Å². The van der Waals surface area contributed by atoms with E-state index < -0.39 is 0 Å². The lowest BCUT2D eigenvalue weighted by atomic mass is 9.94. The van der Waals surface area contributed by atoms with E-state index in [1.807, 2.05) is 29.2 Å². The number of amides is 1. The molecule has 3 aromatic rings. The summed E-state index contributed by atoms with van der Waals surface area (Å²) in [6.45, 7) is 2.33. The van der Waals surface area contributed by atoms with Crippen LogP contribution in [0.15, 0.2) is 61.2 Å². The molecule has 27 heavy (non-hydrogen) atoms. The predicted molar refractivity (Wildman–Crippen MR) is 102 cm³/mol. The number of hydrogen-bond donors (Lipinski definition) is 0. The number of carbonyl (C=O) groups is 1. The lowest BCUT2D eigenvalue weighted by Crippen LogP contribution is -2.40. The van der Waals surface area contributed by atoms with Crippen molar-refractivity contribution in [1.82, 2.24) is 24.6 Å². The average Bonchev–Trinajstić information content (AvgIpc) is 3.15. The van der Waals surface area contributed by atoms with Gasteiger partial charge in [0.2, 0.25) is 0 Å². The fourth-order valence-electron chi connectivity index (χ4n) is 3.70. The summed E-state index contributed by atoms with van der Waals surface area (Å²) >= 11 is 0. The molecule has 0 radical (unpaired) electrons. The standard InChI is InChI=1S/C21H23N5O/c27-21(19-9-4-10-22-13-19)25-11-5-8-18(15-25)12-20-24-23-16-26(20)14-17-6-2-1-3-7-17/h1-4,6-7,9-10,13,16,18H,5,8,11-12,14-15H2. The molecule has 0 N–H and O–H groups in total. The van der Waals surface area contributed by atoms with Crippen molar-refractivity contribution < 1.29 is 4.79 Å². The van der Waals surface area contributed by atoms with Crippen LogP contribution in [0.2, 0.25) is 0 Å². The van der Waals surface area contributed by atoms with Crippen LogP contribution in [0.5, 0.6) is 0 Å². The highest BCUT2D eigenvalue weighted by Crippen LogP contribution is 2.22. The first-order valence-electron chi connectivity index (χ1n) is 9.39. The molecular formula is C21H23N5O. The molecule has 0 saturated carbocycles. The van der Waals surface area contributed by atoms with Gasteiger partial charge in [0.15, 0.2) is 0 Å². The topological polar surface area (TPSA) is 63.9 Å². The first-order chi connectivity index (χ1) is 13.3. The highest BCUT2D eigenvalue weighted by Gasteiger charge is 2.26. The number of hydrogen-bond acceptors (Lipinski definition) is 4. The second-order valence-electron chi connectivity index (χ2n) is 7.07. The molecule has 1 aliphatic rings. The highest BCUT2D eigenvalue weighted by atomic mass is 16.2. The number of aromatic nitrogens is 4. The summed E-state index contributed by atoms with van der Waals surface area (Å²) in [5.41, 5.74) is 1.89. The van der Waals surface area contributed by atoms with Crippen LogP contribution in [0.4, 0.5) is 0 Å². The summed E-state index contributed by atoms with van der Waals surface area (Å²) in [6, 6.07) is 14.0. The summed E-state index contributed by atoms with van der Waals surface area (Å²) in [5, 5.41) is 8.44. The van der Waals surface area contributed by atoms with Gasteiger partial charge < -0.3 is 9.47 Å². The Bertz CT molecular complexity index is 878. The first-order valence-corrected chi connectivity index (χ1v) is 9.39. The SMILES string of the molecule is O=C(c1cccnc1)N1CCCC(Cc2nncn2Cc2ccccc2)C1. The molecule has 1 atom stereocenters. The maximum Gasteiger partial charge on any atom is 0.255 e. The van der Waals surface area contributed by atoms with Gasteiger partial charge in [-0.3, -0.25) is 9.78 Å². The van der Waals surface area contributed by atoms with Crippen molar-refractivity contribution >= 4 is 5.91 Å². The van der Waals surface area contributed by atoms with Crippen LogP contribution in [0.1, 0.15) is 34.6 Å². The van der Waals surface area contributed by atoms with Gasteiger partial charge in [-0.25, -0.2) is 0 Å². The molecule has 4 rings (SSSR count). The zero-order valence-corrected chi connectivity index (χ0v) is 15.2. The zero-order valence-electron chi connectivity index (χ0n) is 15.2. The van der Waals surface area contributed by atoms with Crippen molar-refractivity contribution in [2.45, 2.75) is 25.8 Å². The number of nitrogens with zero attached hydrogens (tertiary/aromatic N) is 5. The van der Waals surface area contributed by atoms with Crippen LogP contribution in [-0.4, -0.2) is 43.6 Å². The number of rotatable bonds is 5. The second-order valence-corrected chi connectivity index (χ2v) is 7.07. The molecule has 6 nitrogen and oxygen atoms in total. The van der Waals surface area contributed by atoms with Crippen molar-refractivity contribution in [1.29, 1.82) is 0 Å². The van der Waals surface area contributed by atoms with E-state index in [-0.39, 0.29) is 5.91 Å². The maximum atomic E-state index is 12.7. The Hall–Kier alpha value is -3.02. The van der Waals surface area contributed by atoms with Gasteiger partial charge in [-0.2, -0.15) is 0 Å². The van der Waals surface area contributed by atoms with Gasteiger partial charge in [0, 0.05) is 31.9 Å². The van der Waals surface area contributed by atoms with E-state index in [0.717, 1.165) is 44.7 Å². The summed E-state index contributed by atoms with van der Waals surface area (Å²) < 4.78 is 2.11. The van der Waals surface area contributed by atoms with Crippen molar-refractivity contribution in [3.05, 3.63) is 78.1 Å². The lowest BCUT2D eigenvalue weighted by Gasteiger charge is -2.32. The van der Waals surface area contributed by atoms with E-state index in [1.165, 1.54) is 5.56 Å². The van der Waals surface area contributed by atoms with Gasteiger partial charge in [0.05, 0.1) is 12.1 Å². The van der Waals surface area contributed by atoms with E-state index in [1.54, 1.807) is 24.8 Å². The predicted octanol–water partition coefficient (Wildman–Crippen LogP) is 2.82. The molecule has 138 valence electrons. The molecule has 1 fully saturated rings. The Kier molecular flexibility index (Phi) is 5.23. The molecule has 2 aromatic heterocycles. The van der Waals surface area contributed by atoms with Crippen molar-refractivity contribution in [2.24, 2.45) is 5.92 Å². The summed E-state index contributed by atoms with van der Waals surface area (Å²) in [7, 11) is 0. The number of likely N-dealkylation sites (tertiary alicyclic amines) is 1. The summed E-state index contributed by atoms with van der Waals surface area (Å²) in [4.78, 5) is 18.7. The van der Waals surface area contributed by atoms with Crippen LogP contribution in [-0.2, 0) is 13.0 Å². The monoisotopic (exact) mass is 361 g/mol. The third-order valence-electron chi connectivity index (χ3n) is 5.08. The van der Waals surface area contributed by atoms with Crippen molar-refractivity contribution in [2.75, 3.05) is 13.1 Å². The van der Waals surface area contributed by atoms with Crippen molar-refractivity contribution in [3.63, 3.8) is 0 Å². The third-order valence-corrected chi connectivity index (χ3v) is 5.08. The van der Waals surface area contributed by atoms with Gasteiger partial charge >= 0.3 is 0 Å². The smallest absolute Gasteiger partial charge is 0.255 e. The fourth-order valence-corrected chi connectivity index (χ4v) is 3.70. The maximum absolute atomic E-state index is 12.7. The molecule has 1 unspecified atom stereocenters. The highest BCUT2D eigenvalue weighted by molar-refractivity contribution is 5.93. The van der Waals surface area contributed by atoms with Crippen LogP contribution >= 0.6 is 0 Å².